The third-order valence-electron chi connectivity index (χ3n) is 6.26. The van der Waals surface area contributed by atoms with E-state index in [-0.39, 0.29) is 25.8 Å². The average Bonchev–Trinajstić information content (AvgIpc) is 2.92. The van der Waals surface area contributed by atoms with Crippen LogP contribution in [-0.2, 0) is 28.7 Å². The SMILES string of the molecule is CCCCCCCCCCCCCCCCCC(=O)OCC(O)CO.O=C(O)CC(O)(CC(=O)OCCO)C(=O)O. The molecule has 12 nitrogen and oxygen atoms in total. The van der Waals surface area contributed by atoms with E-state index in [0.717, 1.165) is 12.8 Å². The summed E-state index contributed by atoms with van der Waals surface area (Å²) < 4.78 is 9.18. The van der Waals surface area contributed by atoms with Crippen molar-refractivity contribution in [3.05, 3.63) is 0 Å². The first-order valence-corrected chi connectivity index (χ1v) is 14.9. The second-order valence-corrected chi connectivity index (χ2v) is 10.2. The fraction of sp³-hybridized carbons (Fsp3) is 0.862. The molecular formula is C29H54O12. The maximum atomic E-state index is 11.4. The number of unbranched alkanes of at least 4 members (excludes halogenated alkanes) is 14. The molecule has 2 atom stereocenters. The van der Waals surface area contributed by atoms with E-state index >= 15 is 0 Å². The van der Waals surface area contributed by atoms with Gasteiger partial charge in [0.1, 0.15) is 19.3 Å². The Balaban J connectivity index is 0. The van der Waals surface area contributed by atoms with Gasteiger partial charge in [0.15, 0.2) is 5.60 Å². The molecule has 0 spiro atoms. The number of hydrogen-bond acceptors (Lipinski definition) is 10. The predicted octanol–water partition coefficient (Wildman–Crippen LogP) is 3.35. The van der Waals surface area contributed by atoms with Crippen LogP contribution in [0.2, 0.25) is 0 Å². The van der Waals surface area contributed by atoms with E-state index in [1.165, 1.54) is 83.5 Å². The molecule has 0 rings (SSSR count). The summed E-state index contributed by atoms with van der Waals surface area (Å²) in [7, 11) is 0. The molecule has 0 radical (unpaired) electrons. The second kappa shape index (κ2) is 27.9. The number of hydrogen-bond donors (Lipinski definition) is 6. The van der Waals surface area contributed by atoms with Crippen molar-refractivity contribution < 1.29 is 59.3 Å². The maximum absolute atomic E-state index is 11.4. The van der Waals surface area contributed by atoms with Crippen LogP contribution in [0.4, 0.5) is 0 Å². The lowest BCUT2D eigenvalue weighted by Crippen LogP contribution is -2.43. The number of ether oxygens (including phenoxy) is 2. The van der Waals surface area contributed by atoms with E-state index < -0.39 is 49.1 Å². The lowest BCUT2D eigenvalue weighted by Gasteiger charge is -2.19. The molecule has 2 unspecified atom stereocenters. The summed E-state index contributed by atoms with van der Waals surface area (Å²) in [5, 5.41) is 52.4. The lowest BCUT2D eigenvalue weighted by atomic mass is 9.96. The van der Waals surface area contributed by atoms with Crippen LogP contribution in [0.5, 0.6) is 0 Å². The van der Waals surface area contributed by atoms with Crippen molar-refractivity contribution in [2.24, 2.45) is 0 Å². The zero-order valence-corrected chi connectivity index (χ0v) is 24.8. The Morgan fingerprint density at radius 3 is 1.54 bits per heavy atom. The summed E-state index contributed by atoms with van der Waals surface area (Å²) in [5.41, 5.74) is -2.70. The summed E-state index contributed by atoms with van der Waals surface area (Å²) in [6.45, 7) is 0.999. The molecular weight excluding hydrogens is 540 g/mol. The van der Waals surface area contributed by atoms with Crippen LogP contribution >= 0.6 is 0 Å². The number of aliphatic hydroxyl groups is 4. The Morgan fingerprint density at radius 2 is 1.15 bits per heavy atom. The fourth-order valence-electron chi connectivity index (χ4n) is 3.87. The van der Waals surface area contributed by atoms with Gasteiger partial charge >= 0.3 is 23.9 Å². The number of carboxylic acids is 2. The van der Waals surface area contributed by atoms with Gasteiger partial charge in [-0.1, -0.05) is 96.8 Å². The van der Waals surface area contributed by atoms with Gasteiger partial charge in [0, 0.05) is 6.42 Å². The molecule has 0 aliphatic rings. The van der Waals surface area contributed by atoms with Crippen molar-refractivity contribution in [1.82, 2.24) is 0 Å². The van der Waals surface area contributed by atoms with Gasteiger partial charge in [-0.25, -0.2) is 4.79 Å². The minimum Gasteiger partial charge on any atom is -0.481 e. The van der Waals surface area contributed by atoms with Crippen LogP contribution < -0.4 is 0 Å². The normalized spacial score (nSPS) is 12.9. The van der Waals surface area contributed by atoms with E-state index in [0.29, 0.717) is 6.42 Å². The summed E-state index contributed by atoms with van der Waals surface area (Å²) in [6, 6.07) is 0. The lowest BCUT2D eigenvalue weighted by molar-refractivity contribution is -0.172. The molecule has 0 saturated carbocycles. The minimum absolute atomic E-state index is 0.103. The molecule has 0 fully saturated rings. The zero-order chi connectivity index (χ0) is 31.4. The number of aliphatic hydroxyl groups excluding tert-OH is 3. The molecule has 242 valence electrons. The summed E-state index contributed by atoms with van der Waals surface area (Å²) in [4.78, 5) is 43.2. The molecule has 41 heavy (non-hydrogen) atoms. The number of esters is 2. The number of rotatable bonds is 26. The summed E-state index contributed by atoms with van der Waals surface area (Å²) in [6.07, 6.45) is 16.9. The van der Waals surface area contributed by atoms with Gasteiger partial charge in [-0.15, -0.1) is 0 Å². The third-order valence-corrected chi connectivity index (χ3v) is 6.26. The van der Waals surface area contributed by atoms with Crippen molar-refractivity contribution in [1.29, 1.82) is 0 Å². The van der Waals surface area contributed by atoms with Crippen LogP contribution in [-0.4, -0.2) is 92.6 Å². The highest BCUT2D eigenvalue weighted by Gasteiger charge is 2.41. The Bertz CT molecular complexity index is 685. The Labute approximate surface area is 244 Å². The molecule has 0 aliphatic heterocycles. The van der Waals surface area contributed by atoms with Gasteiger partial charge in [0.05, 0.1) is 26.1 Å². The van der Waals surface area contributed by atoms with Gasteiger partial charge in [-0.05, 0) is 6.42 Å². The Kier molecular flexibility index (Phi) is 27.8. The Morgan fingerprint density at radius 1 is 0.683 bits per heavy atom. The molecule has 12 heteroatoms. The van der Waals surface area contributed by atoms with Gasteiger partial charge in [-0.2, -0.15) is 0 Å². The number of carbonyl (C=O) groups excluding carboxylic acids is 2. The molecule has 0 heterocycles. The molecule has 0 aromatic heterocycles. The average molecular weight is 595 g/mol. The van der Waals surface area contributed by atoms with Gasteiger partial charge in [-0.3, -0.25) is 14.4 Å². The minimum atomic E-state index is -2.70. The standard InChI is InChI=1S/C21H42O4.C8H12O8/c1-2-3-4-5-6-7-8-9-10-11-12-13-14-15-16-17-21(24)25-19-20(23)18-22;9-1-2-16-6(12)4-8(15,7(13)14)3-5(10)11/h20,22-23H,2-19H2,1H3;9,15H,1-4H2,(H,10,11)(H,13,14). The van der Waals surface area contributed by atoms with E-state index in [2.05, 4.69) is 11.7 Å². The smallest absolute Gasteiger partial charge is 0.336 e. The van der Waals surface area contributed by atoms with Crippen molar-refractivity contribution in [3.8, 4) is 0 Å². The fourth-order valence-corrected chi connectivity index (χ4v) is 3.87. The van der Waals surface area contributed by atoms with Crippen LogP contribution in [0, 0.1) is 0 Å². The van der Waals surface area contributed by atoms with Crippen LogP contribution in [0.1, 0.15) is 122 Å². The van der Waals surface area contributed by atoms with Crippen molar-refractivity contribution in [2.45, 2.75) is 134 Å². The van der Waals surface area contributed by atoms with E-state index in [1.807, 2.05) is 0 Å². The quantitative estimate of drug-likeness (QED) is 0.0629. The molecule has 0 saturated heterocycles. The maximum Gasteiger partial charge on any atom is 0.336 e. The van der Waals surface area contributed by atoms with Crippen LogP contribution in [0.15, 0.2) is 0 Å². The molecule has 0 aromatic carbocycles. The number of aliphatic carboxylic acids is 2. The monoisotopic (exact) mass is 594 g/mol. The van der Waals surface area contributed by atoms with Gasteiger partial charge in [0.25, 0.3) is 0 Å². The molecule has 6 N–H and O–H groups in total. The highest BCUT2D eigenvalue weighted by Crippen LogP contribution is 2.17. The predicted molar refractivity (Wildman–Crippen MR) is 151 cm³/mol. The third kappa shape index (κ3) is 27.7. The molecule has 0 amide bonds. The van der Waals surface area contributed by atoms with Crippen LogP contribution in [0.3, 0.4) is 0 Å². The summed E-state index contributed by atoms with van der Waals surface area (Å²) in [5.74, 6) is -4.75. The van der Waals surface area contributed by atoms with E-state index in [4.69, 9.17) is 30.3 Å². The van der Waals surface area contributed by atoms with Gasteiger partial charge in [0.2, 0.25) is 0 Å². The van der Waals surface area contributed by atoms with E-state index in [1.54, 1.807) is 0 Å². The highest BCUT2D eigenvalue weighted by atomic mass is 16.5. The first-order chi connectivity index (χ1) is 19.5. The second-order valence-electron chi connectivity index (χ2n) is 10.2. The van der Waals surface area contributed by atoms with E-state index in [9.17, 15) is 24.3 Å². The first kappa shape index (κ1) is 40.9. The molecule has 0 aromatic rings. The summed E-state index contributed by atoms with van der Waals surface area (Å²) >= 11 is 0. The van der Waals surface area contributed by atoms with Gasteiger partial charge < -0.3 is 40.1 Å². The number of carboxylic acid groups (broad SMARTS) is 2. The largest absolute Gasteiger partial charge is 0.481 e. The van der Waals surface area contributed by atoms with Crippen molar-refractivity contribution in [2.75, 3.05) is 26.4 Å². The molecule has 0 bridgehead atoms. The van der Waals surface area contributed by atoms with Crippen molar-refractivity contribution in [3.63, 3.8) is 0 Å². The topological polar surface area (TPSA) is 208 Å². The van der Waals surface area contributed by atoms with Crippen molar-refractivity contribution >= 4 is 23.9 Å². The first-order valence-electron chi connectivity index (χ1n) is 14.9. The Hall–Kier alpha value is -2.28. The molecule has 0 aliphatic carbocycles. The number of carbonyl (C=O) groups is 4. The highest BCUT2D eigenvalue weighted by molar-refractivity contribution is 5.88. The van der Waals surface area contributed by atoms with Crippen LogP contribution in [0.25, 0.3) is 0 Å². The zero-order valence-electron chi connectivity index (χ0n) is 24.8.